The normalized spacial score (nSPS) is 32.2. The predicted octanol–water partition coefficient (Wildman–Crippen LogP) is 0.827. The van der Waals surface area contributed by atoms with Crippen LogP contribution in [0.1, 0.15) is 12.8 Å². The second-order valence-corrected chi connectivity index (χ2v) is 2.78. The van der Waals surface area contributed by atoms with Crippen molar-refractivity contribution in [1.29, 1.82) is 0 Å². The number of methoxy groups -OCH3 is 2. The number of rotatable bonds is 3. The molecule has 0 amide bonds. The summed E-state index contributed by atoms with van der Waals surface area (Å²) in [6.45, 7) is 1.48. The van der Waals surface area contributed by atoms with E-state index in [1.54, 1.807) is 14.2 Å². The fourth-order valence-corrected chi connectivity index (χ4v) is 1.40. The highest BCUT2D eigenvalue weighted by atomic mass is 16.6. The summed E-state index contributed by atoms with van der Waals surface area (Å²) in [5, 5.41) is 0. The summed E-state index contributed by atoms with van der Waals surface area (Å²) >= 11 is 0. The molecule has 1 rings (SSSR count). The zero-order chi connectivity index (χ0) is 8.10. The first kappa shape index (κ1) is 8.97. The fourth-order valence-electron chi connectivity index (χ4n) is 1.40. The predicted molar refractivity (Wildman–Crippen MR) is 41.6 cm³/mol. The molecule has 1 saturated heterocycles. The van der Waals surface area contributed by atoms with E-state index in [0.717, 1.165) is 19.4 Å². The summed E-state index contributed by atoms with van der Waals surface area (Å²) in [6.07, 6.45) is 2.55. The zero-order valence-corrected chi connectivity index (χ0v) is 7.21. The van der Waals surface area contributed by atoms with Crippen LogP contribution in [0.2, 0.25) is 0 Å². The Labute approximate surface area is 67.6 Å². The first-order chi connectivity index (χ1) is 5.38. The Kier molecular flexibility index (Phi) is 3.83. The molecule has 0 aromatic rings. The van der Waals surface area contributed by atoms with E-state index in [1.807, 2.05) is 0 Å². The van der Waals surface area contributed by atoms with E-state index in [1.165, 1.54) is 0 Å². The number of hydrogen-bond acceptors (Lipinski definition) is 3. The molecule has 0 bridgehead atoms. The third-order valence-electron chi connectivity index (χ3n) is 2.01. The zero-order valence-electron chi connectivity index (χ0n) is 7.21. The smallest absolute Gasteiger partial charge is 0.107 e. The molecule has 1 heterocycles. The van der Waals surface area contributed by atoms with Crippen molar-refractivity contribution in [3.8, 4) is 0 Å². The average Bonchev–Trinajstić information content (AvgIpc) is 2.06. The van der Waals surface area contributed by atoms with E-state index in [2.05, 4.69) is 0 Å². The van der Waals surface area contributed by atoms with Crippen molar-refractivity contribution in [2.45, 2.75) is 25.0 Å². The van der Waals surface area contributed by atoms with Crippen LogP contribution in [0.3, 0.4) is 0 Å². The van der Waals surface area contributed by atoms with Gasteiger partial charge in [0.1, 0.15) is 6.10 Å². The van der Waals surface area contributed by atoms with Gasteiger partial charge in [-0.1, -0.05) is 0 Å². The van der Waals surface area contributed by atoms with Crippen molar-refractivity contribution in [2.75, 3.05) is 27.4 Å². The third-order valence-corrected chi connectivity index (χ3v) is 2.01. The van der Waals surface area contributed by atoms with Gasteiger partial charge >= 0.3 is 0 Å². The van der Waals surface area contributed by atoms with Gasteiger partial charge in [-0.25, -0.2) is 0 Å². The second kappa shape index (κ2) is 4.70. The molecule has 0 aromatic carbocycles. The Morgan fingerprint density at radius 2 is 2.27 bits per heavy atom. The van der Waals surface area contributed by atoms with Crippen LogP contribution in [0.4, 0.5) is 0 Å². The highest BCUT2D eigenvalue weighted by molar-refractivity contribution is 4.74. The van der Waals surface area contributed by atoms with Crippen LogP contribution in [0.5, 0.6) is 0 Å². The second-order valence-electron chi connectivity index (χ2n) is 2.78. The molecule has 0 saturated carbocycles. The SMILES string of the molecule is COC[C@H]1OCCC[C@@H]1OC. The Morgan fingerprint density at radius 3 is 2.91 bits per heavy atom. The van der Waals surface area contributed by atoms with Crippen molar-refractivity contribution in [3.63, 3.8) is 0 Å². The van der Waals surface area contributed by atoms with Crippen molar-refractivity contribution < 1.29 is 14.2 Å². The van der Waals surface area contributed by atoms with Crippen LogP contribution in [0.25, 0.3) is 0 Å². The first-order valence-electron chi connectivity index (χ1n) is 4.02. The molecule has 0 N–H and O–H groups in total. The van der Waals surface area contributed by atoms with Gasteiger partial charge in [0.25, 0.3) is 0 Å². The van der Waals surface area contributed by atoms with Crippen molar-refractivity contribution in [1.82, 2.24) is 0 Å². The summed E-state index contributed by atoms with van der Waals surface area (Å²) in [5.41, 5.74) is 0. The Hall–Kier alpha value is -0.120. The lowest BCUT2D eigenvalue weighted by Gasteiger charge is -2.29. The maximum Gasteiger partial charge on any atom is 0.107 e. The molecule has 1 aliphatic heterocycles. The molecule has 2 atom stereocenters. The lowest BCUT2D eigenvalue weighted by Crippen LogP contribution is -2.38. The quantitative estimate of drug-likeness (QED) is 0.612. The summed E-state index contributed by atoms with van der Waals surface area (Å²) < 4.78 is 15.7. The van der Waals surface area contributed by atoms with E-state index in [-0.39, 0.29) is 12.2 Å². The highest BCUT2D eigenvalue weighted by Gasteiger charge is 2.25. The maximum atomic E-state index is 5.47. The van der Waals surface area contributed by atoms with Crippen LogP contribution < -0.4 is 0 Å². The maximum absolute atomic E-state index is 5.47. The minimum atomic E-state index is 0.138. The molecule has 1 aliphatic rings. The molecule has 3 heteroatoms. The largest absolute Gasteiger partial charge is 0.382 e. The van der Waals surface area contributed by atoms with E-state index < -0.39 is 0 Å². The van der Waals surface area contributed by atoms with Gasteiger partial charge in [0.2, 0.25) is 0 Å². The molecular formula is C8H16O3. The molecule has 11 heavy (non-hydrogen) atoms. The molecule has 3 nitrogen and oxygen atoms in total. The Balaban J connectivity index is 2.31. The van der Waals surface area contributed by atoms with Crippen LogP contribution in [0.15, 0.2) is 0 Å². The van der Waals surface area contributed by atoms with Crippen molar-refractivity contribution >= 4 is 0 Å². The van der Waals surface area contributed by atoms with E-state index in [0.29, 0.717) is 6.61 Å². The van der Waals surface area contributed by atoms with Gasteiger partial charge in [0.15, 0.2) is 0 Å². The van der Waals surface area contributed by atoms with Crippen LogP contribution in [-0.2, 0) is 14.2 Å². The summed E-state index contributed by atoms with van der Waals surface area (Å²) in [7, 11) is 3.41. The Bertz CT molecular complexity index is 104. The number of hydrogen-bond donors (Lipinski definition) is 0. The lowest BCUT2D eigenvalue weighted by atomic mass is 10.1. The summed E-state index contributed by atoms with van der Waals surface area (Å²) in [5.74, 6) is 0. The minimum Gasteiger partial charge on any atom is -0.382 e. The monoisotopic (exact) mass is 160 g/mol. The van der Waals surface area contributed by atoms with Crippen molar-refractivity contribution in [2.24, 2.45) is 0 Å². The van der Waals surface area contributed by atoms with Gasteiger partial charge in [-0.15, -0.1) is 0 Å². The molecule has 0 aliphatic carbocycles. The van der Waals surface area contributed by atoms with Crippen LogP contribution >= 0.6 is 0 Å². The molecular weight excluding hydrogens is 144 g/mol. The highest BCUT2D eigenvalue weighted by Crippen LogP contribution is 2.16. The molecule has 66 valence electrons. The topological polar surface area (TPSA) is 27.7 Å². The first-order valence-corrected chi connectivity index (χ1v) is 4.02. The van der Waals surface area contributed by atoms with E-state index in [9.17, 15) is 0 Å². The summed E-state index contributed by atoms with van der Waals surface area (Å²) in [4.78, 5) is 0. The van der Waals surface area contributed by atoms with Gasteiger partial charge in [-0.2, -0.15) is 0 Å². The van der Waals surface area contributed by atoms with E-state index in [4.69, 9.17) is 14.2 Å². The lowest BCUT2D eigenvalue weighted by molar-refractivity contribution is -0.114. The molecule has 0 spiro atoms. The molecule has 0 radical (unpaired) electrons. The van der Waals surface area contributed by atoms with Gasteiger partial charge < -0.3 is 14.2 Å². The fraction of sp³-hybridized carbons (Fsp3) is 1.00. The van der Waals surface area contributed by atoms with Gasteiger partial charge in [-0.3, -0.25) is 0 Å². The minimum absolute atomic E-state index is 0.138. The standard InChI is InChI=1S/C8H16O3/c1-9-6-8-7(10-2)4-3-5-11-8/h7-8H,3-6H2,1-2H3/t7-,8+/m0/s1. The average molecular weight is 160 g/mol. The van der Waals surface area contributed by atoms with Crippen molar-refractivity contribution in [3.05, 3.63) is 0 Å². The van der Waals surface area contributed by atoms with Gasteiger partial charge in [-0.05, 0) is 12.8 Å². The molecule has 0 aromatic heterocycles. The van der Waals surface area contributed by atoms with Crippen LogP contribution in [0, 0.1) is 0 Å². The summed E-state index contributed by atoms with van der Waals surface area (Å²) in [6, 6.07) is 0. The third kappa shape index (κ3) is 2.43. The Morgan fingerprint density at radius 1 is 1.45 bits per heavy atom. The van der Waals surface area contributed by atoms with Gasteiger partial charge in [0, 0.05) is 20.8 Å². The molecule has 0 unspecified atom stereocenters. The van der Waals surface area contributed by atoms with Crippen LogP contribution in [-0.4, -0.2) is 39.6 Å². The van der Waals surface area contributed by atoms with Gasteiger partial charge in [0.05, 0.1) is 12.7 Å². The molecule has 1 fully saturated rings. The number of ether oxygens (including phenoxy) is 3. The van der Waals surface area contributed by atoms with E-state index >= 15 is 0 Å².